The highest BCUT2D eigenvalue weighted by Crippen LogP contribution is 2.38. The molecular weight excluding hydrogens is 358 g/mol. The molecule has 1 unspecified atom stereocenters. The monoisotopic (exact) mass is 377 g/mol. The molecule has 0 bridgehead atoms. The first-order valence-electron chi connectivity index (χ1n) is 8.33. The molecule has 0 spiro atoms. The molecule has 3 aromatic heterocycles. The number of aliphatic hydroxyl groups excluding tert-OH is 2. The lowest BCUT2D eigenvalue weighted by Gasteiger charge is -2.23. The van der Waals surface area contributed by atoms with E-state index in [4.69, 9.17) is 20.2 Å². The van der Waals surface area contributed by atoms with Gasteiger partial charge in [0, 0.05) is 0 Å². The second-order valence-corrected chi connectivity index (χ2v) is 5.99. The highest BCUT2D eigenvalue weighted by atomic mass is 17.2. The van der Waals surface area contributed by atoms with E-state index >= 15 is 0 Å². The maximum absolute atomic E-state index is 10.6. The third-order valence-corrected chi connectivity index (χ3v) is 4.35. The molecule has 1 aliphatic rings. The van der Waals surface area contributed by atoms with Gasteiger partial charge in [-0.25, -0.2) is 29.7 Å². The number of fused-ring (bicyclic) bond motifs is 1. The van der Waals surface area contributed by atoms with Gasteiger partial charge in [0.05, 0.1) is 31.2 Å². The van der Waals surface area contributed by atoms with E-state index in [-0.39, 0.29) is 5.82 Å². The van der Waals surface area contributed by atoms with Crippen molar-refractivity contribution in [1.29, 1.82) is 0 Å². The molecule has 12 nitrogen and oxygen atoms in total. The van der Waals surface area contributed by atoms with Gasteiger partial charge in [0.1, 0.15) is 30.2 Å². The van der Waals surface area contributed by atoms with Crippen LogP contribution in [-0.2, 0) is 14.5 Å². The first kappa shape index (κ1) is 17.8. The molecule has 0 amide bonds. The largest absolute Gasteiger partial charge is 0.387 e. The first-order valence-corrected chi connectivity index (χ1v) is 8.33. The van der Waals surface area contributed by atoms with E-state index in [0.29, 0.717) is 23.5 Å². The van der Waals surface area contributed by atoms with Crippen molar-refractivity contribution in [2.75, 3.05) is 12.3 Å². The second kappa shape index (κ2) is 7.17. The number of nitrogens with zero attached hydrogens (tertiary/aromatic N) is 5. The fourth-order valence-corrected chi connectivity index (χ4v) is 3.07. The van der Waals surface area contributed by atoms with Crippen LogP contribution in [0.3, 0.4) is 0 Å². The topological polar surface area (TPSA) is 166 Å². The van der Waals surface area contributed by atoms with E-state index in [1.165, 1.54) is 29.7 Å². The molecule has 0 aromatic carbocycles. The summed E-state index contributed by atoms with van der Waals surface area (Å²) in [7, 11) is 0. The summed E-state index contributed by atoms with van der Waals surface area (Å²) in [6.07, 6.45) is 0.449. The van der Waals surface area contributed by atoms with Gasteiger partial charge in [-0.05, 0) is 6.92 Å². The van der Waals surface area contributed by atoms with Crippen molar-refractivity contribution in [2.45, 2.75) is 37.6 Å². The van der Waals surface area contributed by atoms with Crippen LogP contribution in [0.4, 0.5) is 5.82 Å². The summed E-state index contributed by atoms with van der Waals surface area (Å²) in [5.74, 6) is 0.207. The van der Waals surface area contributed by atoms with Crippen molar-refractivity contribution in [3.63, 3.8) is 0 Å². The highest BCUT2D eigenvalue weighted by Gasteiger charge is 2.49. The Morgan fingerprint density at radius 1 is 1.33 bits per heavy atom. The molecule has 5 N–H and O–H groups in total. The van der Waals surface area contributed by atoms with Crippen LogP contribution in [0.5, 0.6) is 0 Å². The Morgan fingerprint density at radius 3 is 2.93 bits per heavy atom. The number of nitrogen functional groups attached to an aromatic ring is 1. The molecule has 5 atom stereocenters. The molecule has 0 radical (unpaired) electrons. The van der Waals surface area contributed by atoms with Crippen LogP contribution in [0.2, 0.25) is 0 Å². The number of imidazole rings is 2. The van der Waals surface area contributed by atoms with Crippen LogP contribution in [-0.4, -0.2) is 64.6 Å². The van der Waals surface area contributed by atoms with Crippen molar-refractivity contribution in [3.05, 3.63) is 30.9 Å². The van der Waals surface area contributed by atoms with Crippen molar-refractivity contribution in [2.24, 2.45) is 0 Å². The molecule has 1 saturated heterocycles. The Labute approximate surface area is 152 Å². The Balaban J connectivity index is 1.66. The predicted molar refractivity (Wildman–Crippen MR) is 89.7 cm³/mol. The molecule has 27 heavy (non-hydrogen) atoms. The smallest absolute Gasteiger partial charge is 0.167 e. The summed E-state index contributed by atoms with van der Waals surface area (Å²) >= 11 is 0. The third-order valence-electron chi connectivity index (χ3n) is 4.35. The summed E-state index contributed by atoms with van der Waals surface area (Å²) in [6.45, 7) is 2.05. The molecule has 12 heteroatoms. The van der Waals surface area contributed by atoms with E-state index in [2.05, 4.69) is 24.9 Å². The number of aromatic nitrogens is 6. The van der Waals surface area contributed by atoms with Crippen molar-refractivity contribution >= 4 is 17.0 Å². The zero-order valence-electron chi connectivity index (χ0n) is 14.3. The minimum Gasteiger partial charge on any atom is -0.387 e. The van der Waals surface area contributed by atoms with Crippen molar-refractivity contribution in [3.8, 4) is 0 Å². The molecule has 1 aliphatic heterocycles. The molecule has 3 aromatic rings. The molecule has 4 heterocycles. The maximum Gasteiger partial charge on any atom is 0.167 e. The van der Waals surface area contributed by atoms with Crippen LogP contribution in [0.1, 0.15) is 24.9 Å². The van der Waals surface area contributed by atoms with Gasteiger partial charge in [0.15, 0.2) is 23.8 Å². The van der Waals surface area contributed by atoms with Crippen molar-refractivity contribution < 1.29 is 24.7 Å². The summed E-state index contributed by atoms with van der Waals surface area (Å²) in [4.78, 5) is 29.5. The summed E-state index contributed by atoms with van der Waals surface area (Å²) in [6, 6.07) is 0. The lowest BCUT2D eigenvalue weighted by Crippen LogP contribution is -2.36. The van der Waals surface area contributed by atoms with Crippen LogP contribution >= 0.6 is 0 Å². The number of ether oxygens (including phenoxy) is 1. The second-order valence-electron chi connectivity index (χ2n) is 5.99. The van der Waals surface area contributed by atoms with Crippen LogP contribution < -0.4 is 5.73 Å². The number of nitrogens with one attached hydrogen (secondary N) is 1. The SMILES string of the molecule is CCOOC(c1cnc[nH]1)[C@H]1O[C@@H](n2cnc3c(N)ncnc32)[C@H](O)[C@@H]1O. The standard InChI is InChI=1S/C15H19N7O5/c1-2-25-27-11(7-3-17-4-18-7)12-9(23)10(24)15(26-12)22-6-21-8-13(16)19-5-20-14(8)22/h3-6,9-12,15,23-24H,2H2,1H3,(H,17,18)(H2,16,19,20)/t9-,10+,11?,12-,15+/m0/s1. The zero-order valence-corrected chi connectivity index (χ0v) is 14.3. The Hall–Kier alpha value is -2.64. The lowest BCUT2D eigenvalue weighted by atomic mass is 10.0. The van der Waals surface area contributed by atoms with Gasteiger partial charge in [0.2, 0.25) is 0 Å². The normalized spacial score (nSPS) is 26.6. The molecule has 4 rings (SSSR count). The highest BCUT2D eigenvalue weighted by molar-refractivity contribution is 5.81. The molecule has 0 aliphatic carbocycles. The fourth-order valence-electron chi connectivity index (χ4n) is 3.07. The van der Waals surface area contributed by atoms with E-state index in [0.717, 1.165) is 0 Å². The number of nitrogens with two attached hydrogens (primary N) is 1. The van der Waals surface area contributed by atoms with E-state index < -0.39 is 30.6 Å². The fraction of sp³-hybridized carbons (Fsp3) is 0.467. The van der Waals surface area contributed by atoms with Crippen molar-refractivity contribution in [1.82, 2.24) is 29.5 Å². The van der Waals surface area contributed by atoms with Crippen LogP contribution in [0.25, 0.3) is 11.2 Å². The summed E-state index contributed by atoms with van der Waals surface area (Å²) in [5, 5.41) is 21.2. The van der Waals surface area contributed by atoms with Crippen LogP contribution in [0.15, 0.2) is 25.2 Å². The van der Waals surface area contributed by atoms with Gasteiger partial charge < -0.3 is 25.7 Å². The van der Waals surface area contributed by atoms with Gasteiger partial charge >= 0.3 is 0 Å². The van der Waals surface area contributed by atoms with E-state index in [1.807, 2.05) is 0 Å². The number of hydrogen-bond acceptors (Lipinski definition) is 10. The number of hydrogen-bond donors (Lipinski definition) is 4. The molecule has 1 fully saturated rings. The van der Waals surface area contributed by atoms with Gasteiger partial charge in [-0.2, -0.15) is 0 Å². The number of aliphatic hydroxyl groups is 2. The number of anilines is 1. The van der Waals surface area contributed by atoms with Gasteiger partial charge in [-0.3, -0.25) is 4.57 Å². The molecule has 0 saturated carbocycles. The number of aromatic amines is 1. The van der Waals surface area contributed by atoms with E-state index in [9.17, 15) is 10.2 Å². The van der Waals surface area contributed by atoms with Gasteiger partial charge in [-0.1, -0.05) is 0 Å². The average molecular weight is 377 g/mol. The number of rotatable bonds is 6. The Kier molecular flexibility index (Phi) is 4.72. The minimum absolute atomic E-state index is 0.207. The quantitative estimate of drug-likeness (QED) is 0.323. The molecule has 144 valence electrons. The average Bonchev–Trinajstić information content (AvgIpc) is 3.39. The number of H-pyrrole nitrogens is 1. The van der Waals surface area contributed by atoms with E-state index in [1.54, 1.807) is 6.92 Å². The van der Waals surface area contributed by atoms with Crippen LogP contribution in [0, 0.1) is 0 Å². The third kappa shape index (κ3) is 3.02. The predicted octanol–water partition coefficient (Wildman–Crippen LogP) is -0.540. The summed E-state index contributed by atoms with van der Waals surface area (Å²) < 4.78 is 7.42. The maximum atomic E-state index is 10.6. The minimum atomic E-state index is -1.26. The molecular formula is C15H19N7O5. The first-order chi connectivity index (χ1) is 13.1. The lowest BCUT2D eigenvalue weighted by molar-refractivity contribution is -0.345. The van der Waals surface area contributed by atoms with Gasteiger partial charge in [-0.15, -0.1) is 0 Å². The Morgan fingerprint density at radius 2 is 2.19 bits per heavy atom. The zero-order chi connectivity index (χ0) is 19.0. The Bertz CT molecular complexity index is 901. The van der Waals surface area contributed by atoms with Gasteiger partial charge in [0.25, 0.3) is 0 Å². The summed E-state index contributed by atoms with van der Waals surface area (Å²) in [5.41, 5.74) is 7.08.